The molecule has 1 unspecified atom stereocenters. The van der Waals surface area contributed by atoms with E-state index < -0.39 is 5.60 Å². The first kappa shape index (κ1) is 14.3. The lowest BCUT2D eigenvalue weighted by molar-refractivity contribution is -0.138. The highest BCUT2D eigenvalue weighted by Gasteiger charge is 2.32. The van der Waals surface area contributed by atoms with Gasteiger partial charge in [0.25, 0.3) is 0 Å². The Kier molecular flexibility index (Phi) is 5.42. The van der Waals surface area contributed by atoms with E-state index in [1.807, 2.05) is 0 Å². The largest absolute Gasteiger partial charge is 0.389 e. The molecular weight excluding hydrogens is 230 g/mol. The van der Waals surface area contributed by atoms with Gasteiger partial charge in [-0.2, -0.15) is 0 Å². The lowest BCUT2D eigenvalue weighted by Crippen LogP contribution is -2.46. The van der Waals surface area contributed by atoms with Gasteiger partial charge in [0.15, 0.2) is 0 Å². The van der Waals surface area contributed by atoms with E-state index in [-0.39, 0.29) is 6.10 Å². The minimum absolute atomic E-state index is 0.245. The average molecular weight is 257 g/mol. The average Bonchev–Trinajstić information content (AvgIpc) is 2.41. The highest BCUT2D eigenvalue weighted by atomic mass is 16.7. The van der Waals surface area contributed by atoms with Crippen LogP contribution in [0.3, 0.4) is 0 Å². The smallest absolute Gasteiger partial charge is 0.147 e. The van der Waals surface area contributed by atoms with Gasteiger partial charge >= 0.3 is 0 Å². The number of nitrogens with one attached hydrogen (secondary N) is 1. The second kappa shape index (κ2) is 6.85. The topological polar surface area (TPSA) is 50.7 Å². The van der Waals surface area contributed by atoms with Crippen molar-refractivity contribution < 1.29 is 14.6 Å². The highest BCUT2D eigenvalue weighted by molar-refractivity contribution is 4.87. The van der Waals surface area contributed by atoms with E-state index in [1.54, 1.807) is 0 Å². The van der Waals surface area contributed by atoms with Gasteiger partial charge in [-0.1, -0.05) is 13.3 Å². The Hall–Kier alpha value is -0.160. The molecule has 0 bridgehead atoms. The summed E-state index contributed by atoms with van der Waals surface area (Å²) < 4.78 is 10.6. The van der Waals surface area contributed by atoms with Crippen molar-refractivity contribution in [3.05, 3.63) is 0 Å². The molecule has 0 radical (unpaired) electrons. The molecule has 1 saturated carbocycles. The number of ether oxygens (including phenoxy) is 2. The standard InChI is InChI=1S/C14H27NO3/c1-2-12-3-6-14(16,7-4-12)10-15-9-13-5-8-17-11-18-13/h12-13,15-16H,2-11H2,1H3. The first-order valence-corrected chi connectivity index (χ1v) is 7.34. The molecule has 106 valence electrons. The molecule has 2 rings (SSSR count). The zero-order chi connectivity index (χ0) is 12.8. The maximum absolute atomic E-state index is 10.5. The van der Waals surface area contributed by atoms with Crippen molar-refractivity contribution in [2.75, 3.05) is 26.5 Å². The Balaban J connectivity index is 1.63. The van der Waals surface area contributed by atoms with Gasteiger partial charge in [0, 0.05) is 13.1 Å². The quantitative estimate of drug-likeness (QED) is 0.786. The van der Waals surface area contributed by atoms with Crippen LogP contribution >= 0.6 is 0 Å². The van der Waals surface area contributed by atoms with Crippen LogP contribution in [0.2, 0.25) is 0 Å². The summed E-state index contributed by atoms with van der Waals surface area (Å²) in [6, 6.07) is 0. The fourth-order valence-electron chi connectivity index (χ4n) is 2.93. The van der Waals surface area contributed by atoms with Gasteiger partial charge in [0.1, 0.15) is 6.79 Å². The second-order valence-electron chi connectivity index (χ2n) is 5.81. The van der Waals surface area contributed by atoms with Crippen LogP contribution in [0.25, 0.3) is 0 Å². The molecule has 18 heavy (non-hydrogen) atoms. The van der Waals surface area contributed by atoms with Crippen molar-refractivity contribution >= 4 is 0 Å². The fourth-order valence-corrected chi connectivity index (χ4v) is 2.93. The summed E-state index contributed by atoms with van der Waals surface area (Å²) in [5.41, 5.74) is -0.489. The molecule has 0 aromatic carbocycles. The third kappa shape index (κ3) is 4.19. The van der Waals surface area contributed by atoms with Crippen molar-refractivity contribution in [3.8, 4) is 0 Å². The van der Waals surface area contributed by atoms with Gasteiger partial charge in [-0.25, -0.2) is 0 Å². The van der Waals surface area contributed by atoms with Crippen molar-refractivity contribution in [2.45, 2.75) is 57.2 Å². The Morgan fingerprint density at radius 2 is 2.06 bits per heavy atom. The van der Waals surface area contributed by atoms with Crippen molar-refractivity contribution in [3.63, 3.8) is 0 Å². The predicted octanol–water partition coefficient (Wildman–Crippen LogP) is 1.67. The highest BCUT2D eigenvalue weighted by Crippen LogP contribution is 2.33. The maximum Gasteiger partial charge on any atom is 0.147 e. The van der Waals surface area contributed by atoms with E-state index >= 15 is 0 Å². The summed E-state index contributed by atoms with van der Waals surface area (Å²) >= 11 is 0. The van der Waals surface area contributed by atoms with Crippen LogP contribution in [-0.2, 0) is 9.47 Å². The van der Waals surface area contributed by atoms with Crippen molar-refractivity contribution in [1.82, 2.24) is 5.32 Å². The van der Waals surface area contributed by atoms with Crippen LogP contribution in [-0.4, -0.2) is 43.3 Å². The molecule has 2 fully saturated rings. The first-order valence-electron chi connectivity index (χ1n) is 7.34. The molecule has 1 aliphatic heterocycles. The Labute approximate surface area is 110 Å². The minimum atomic E-state index is -0.489. The Bertz CT molecular complexity index is 233. The third-order valence-corrected chi connectivity index (χ3v) is 4.41. The van der Waals surface area contributed by atoms with E-state index in [2.05, 4.69) is 12.2 Å². The SMILES string of the molecule is CCC1CCC(O)(CNCC2CCOCO2)CC1. The van der Waals surface area contributed by atoms with E-state index in [0.29, 0.717) is 13.3 Å². The van der Waals surface area contributed by atoms with E-state index in [0.717, 1.165) is 38.3 Å². The van der Waals surface area contributed by atoms with Crippen molar-refractivity contribution in [2.24, 2.45) is 5.92 Å². The lowest BCUT2D eigenvalue weighted by Gasteiger charge is -2.36. The van der Waals surface area contributed by atoms with Gasteiger partial charge < -0.3 is 19.9 Å². The van der Waals surface area contributed by atoms with Gasteiger partial charge in [-0.3, -0.25) is 0 Å². The molecule has 4 nitrogen and oxygen atoms in total. The molecule has 2 N–H and O–H groups in total. The monoisotopic (exact) mass is 257 g/mol. The minimum Gasteiger partial charge on any atom is -0.389 e. The molecule has 0 spiro atoms. The molecule has 1 heterocycles. The molecule has 1 saturated heterocycles. The number of rotatable bonds is 5. The number of hydrogen-bond acceptors (Lipinski definition) is 4. The molecular formula is C14H27NO3. The molecule has 0 amide bonds. The zero-order valence-electron chi connectivity index (χ0n) is 11.5. The molecule has 1 aliphatic carbocycles. The third-order valence-electron chi connectivity index (χ3n) is 4.41. The van der Waals surface area contributed by atoms with Crippen LogP contribution in [0.4, 0.5) is 0 Å². The molecule has 0 aromatic rings. The second-order valence-corrected chi connectivity index (χ2v) is 5.81. The first-order chi connectivity index (χ1) is 8.72. The van der Waals surface area contributed by atoms with Crippen LogP contribution in [0.15, 0.2) is 0 Å². The van der Waals surface area contributed by atoms with E-state index in [9.17, 15) is 5.11 Å². The van der Waals surface area contributed by atoms with Crippen LogP contribution in [0.1, 0.15) is 45.4 Å². The van der Waals surface area contributed by atoms with Crippen LogP contribution in [0, 0.1) is 5.92 Å². The van der Waals surface area contributed by atoms with Gasteiger partial charge in [0.2, 0.25) is 0 Å². The summed E-state index contributed by atoms with van der Waals surface area (Å²) in [4.78, 5) is 0. The van der Waals surface area contributed by atoms with E-state index in [1.165, 1.54) is 19.3 Å². The van der Waals surface area contributed by atoms with E-state index in [4.69, 9.17) is 9.47 Å². The van der Waals surface area contributed by atoms with Crippen molar-refractivity contribution in [1.29, 1.82) is 0 Å². The maximum atomic E-state index is 10.5. The number of aliphatic hydroxyl groups is 1. The molecule has 0 aromatic heterocycles. The summed E-state index contributed by atoms with van der Waals surface area (Å²) in [5.74, 6) is 0.823. The van der Waals surface area contributed by atoms with Crippen LogP contribution in [0.5, 0.6) is 0 Å². The van der Waals surface area contributed by atoms with Gasteiger partial charge in [-0.15, -0.1) is 0 Å². The Morgan fingerprint density at radius 3 is 2.67 bits per heavy atom. The summed E-state index contributed by atoms with van der Waals surface area (Å²) in [6.07, 6.45) is 6.66. The summed E-state index contributed by atoms with van der Waals surface area (Å²) in [5, 5.41) is 13.9. The normalized spacial score (nSPS) is 37.7. The molecule has 2 aliphatic rings. The summed E-state index contributed by atoms with van der Waals surface area (Å²) in [6.45, 7) is 4.96. The summed E-state index contributed by atoms with van der Waals surface area (Å²) in [7, 11) is 0. The molecule has 4 heteroatoms. The van der Waals surface area contributed by atoms with Gasteiger partial charge in [0.05, 0.1) is 18.3 Å². The lowest BCUT2D eigenvalue weighted by atomic mass is 9.78. The fraction of sp³-hybridized carbons (Fsp3) is 1.00. The predicted molar refractivity (Wildman–Crippen MR) is 70.4 cm³/mol. The number of hydrogen-bond donors (Lipinski definition) is 2. The Morgan fingerprint density at radius 1 is 1.28 bits per heavy atom. The van der Waals surface area contributed by atoms with Gasteiger partial charge in [-0.05, 0) is 38.0 Å². The van der Waals surface area contributed by atoms with Crippen LogP contribution < -0.4 is 5.32 Å². The molecule has 1 atom stereocenters. The zero-order valence-corrected chi connectivity index (χ0v) is 11.5.